The van der Waals surface area contributed by atoms with E-state index in [0.29, 0.717) is 0 Å². The molecule has 0 fully saturated rings. The molecule has 4 heteroatoms. The van der Waals surface area contributed by atoms with Crippen molar-refractivity contribution in [1.29, 1.82) is 0 Å². The van der Waals surface area contributed by atoms with Crippen LogP contribution >= 0.6 is 11.3 Å². The fourth-order valence-electron chi connectivity index (χ4n) is 1.95. The number of hydrogen-bond donors (Lipinski definition) is 2. The fraction of sp³-hybridized carbons (Fsp3) is 0.154. The van der Waals surface area contributed by atoms with E-state index in [2.05, 4.69) is 44.9 Å². The van der Waals surface area contributed by atoms with Gasteiger partial charge in [0.15, 0.2) is 0 Å². The molecule has 3 rings (SSSR count). The Kier molecular flexibility index (Phi) is 2.90. The molecular formula is C13H13N3S. The van der Waals surface area contributed by atoms with E-state index in [1.807, 2.05) is 11.7 Å². The molecule has 0 saturated heterocycles. The van der Waals surface area contributed by atoms with Gasteiger partial charge in [0.2, 0.25) is 0 Å². The second-order valence-corrected chi connectivity index (χ2v) is 4.66. The molecule has 0 aliphatic heterocycles. The van der Waals surface area contributed by atoms with Crippen LogP contribution in [0.1, 0.15) is 11.3 Å². The van der Waals surface area contributed by atoms with Gasteiger partial charge in [-0.3, -0.25) is 0 Å². The van der Waals surface area contributed by atoms with E-state index in [1.165, 1.54) is 16.5 Å². The molecule has 0 unspecified atom stereocenters. The van der Waals surface area contributed by atoms with Crippen LogP contribution in [0.25, 0.3) is 10.9 Å². The summed E-state index contributed by atoms with van der Waals surface area (Å²) in [5.74, 6) is 0. The number of benzene rings is 1. The Morgan fingerprint density at radius 2 is 2.24 bits per heavy atom. The van der Waals surface area contributed by atoms with Gasteiger partial charge in [-0.2, -0.15) is 0 Å². The minimum atomic E-state index is 0.824. The zero-order valence-electron chi connectivity index (χ0n) is 9.31. The SMILES string of the molecule is c1cc(CNCc2cscn2)c2cc[nH]c2c1. The smallest absolute Gasteiger partial charge is 0.0795 e. The number of nitrogens with zero attached hydrogens (tertiary/aromatic N) is 1. The van der Waals surface area contributed by atoms with Gasteiger partial charge in [0.05, 0.1) is 11.2 Å². The summed E-state index contributed by atoms with van der Waals surface area (Å²) in [6, 6.07) is 8.46. The predicted molar refractivity (Wildman–Crippen MR) is 71.0 cm³/mol. The molecule has 0 radical (unpaired) electrons. The van der Waals surface area contributed by atoms with Gasteiger partial charge in [-0.1, -0.05) is 12.1 Å². The Labute approximate surface area is 104 Å². The molecule has 0 amide bonds. The number of thiazole rings is 1. The van der Waals surface area contributed by atoms with Crippen LogP contribution in [-0.4, -0.2) is 9.97 Å². The zero-order valence-corrected chi connectivity index (χ0v) is 10.1. The third kappa shape index (κ3) is 2.23. The van der Waals surface area contributed by atoms with Crippen LogP contribution in [-0.2, 0) is 13.1 Å². The molecule has 0 saturated carbocycles. The van der Waals surface area contributed by atoms with Gasteiger partial charge in [0.25, 0.3) is 0 Å². The Morgan fingerprint density at radius 3 is 3.12 bits per heavy atom. The molecule has 86 valence electrons. The van der Waals surface area contributed by atoms with Crippen LogP contribution in [0.5, 0.6) is 0 Å². The quantitative estimate of drug-likeness (QED) is 0.739. The van der Waals surface area contributed by atoms with Gasteiger partial charge >= 0.3 is 0 Å². The standard InChI is InChI=1S/C13H13N3S/c1-2-10(12-4-5-15-13(12)3-1)6-14-7-11-8-17-9-16-11/h1-5,8-9,14-15H,6-7H2. The predicted octanol–water partition coefficient (Wildman–Crippen LogP) is 2.91. The molecule has 2 N–H and O–H groups in total. The highest BCUT2D eigenvalue weighted by molar-refractivity contribution is 7.07. The lowest BCUT2D eigenvalue weighted by Gasteiger charge is -2.04. The van der Waals surface area contributed by atoms with Crippen molar-refractivity contribution in [1.82, 2.24) is 15.3 Å². The number of aromatic amines is 1. The third-order valence-electron chi connectivity index (χ3n) is 2.79. The summed E-state index contributed by atoms with van der Waals surface area (Å²) in [4.78, 5) is 7.48. The van der Waals surface area contributed by atoms with Crippen molar-refractivity contribution < 1.29 is 0 Å². The first-order valence-corrected chi connectivity index (χ1v) is 6.50. The van der Waals surface area contributed by atoms with Crippen LogP contribution < -0.4 is 5.32 Å². The molecule has 17 heavy (non-hydrogen) atoms. The molecule has 0 aliphatic rings. The Morgan fingerprint density at radius 1 is 1.24 bits per heavy atom. The van der Waals surface area contributed by atoms with Gasteiger partial charge in [0.1, 0.15) is 0 Å². The van der Waals surface area contributed by atoms with Crippen molar-refractivity contribution in [2.75, 3.05) is 0 Å². The summed E-state index contributed by atoms with van der Waals surface area (Å²) >= 11 is 1.63. The van der Waals surface area contributed by atoms with Crippen LogP contribution in [0.15, 0.2) is 41.4 Å². The van der Waals surface area contributed by atoms with Crippen LogP contribution in [0.4, 0.5) is 0 Å². The van der Waals surface area contributed by atoms with E-state index in [1.54, 1.807) is 11.3 Å². The summed E-state index contributed by atoms with van der Waals surface area (Å²) in [5, 5.41) is 6.78. The highest BCUT2D eigenvalue weighted by Gasteiger charge is 2.01. The van der Waals surface area contributed by atoms with Gasteiger partial charge < -0.3 is 10.3 Å². The van der Waals surface area contributed by atoms with E-state index in [9.17, 15) is 0 Å². The van der Waals surface area contributed by atoms with Crippen LogP contribution in [0.2, 0.25) is 0 Å². The third-order valence-corrected chi connectivity index (χ3v) is 3.43. The van der Waals surface area contributed by atoms with Gasteiger partial charge in [-0.25, -0.2) is 4.98 Å². The highest BCUT2D eigenvalue weighted by Crippen LogP contribution is 2.17. The lowest BCUT2D eigenvalue weighted by molar-refractivity contribution is 0.686. The van der Waals surface area contributed by atoms with E-state index in [4.69, 9.17) is 0 Å². The Hall–Kier alpha value is -1.65. The maximum atomic E-state index is 4.25. The lowest BCUT2D eigenvalue weighted by atomic mass is 10.1. The normalized spacial score (nSPS) is 11.1. The molecule has 3 aromatic rings. The molecule has 2 aromatic heterocycles. The average Bonchev–Trinajstić information content (AvgIpc) is 2.99. The van der Waals surface area contributed by atoms with Gasteiger partial charge in [-0.05, 0) is 17.7 Å². The molecule has 0 bridgehead atoms. The van der Waals surface area contributed by atoms with Gasteiger partial charge in [0, 0.05) is 35.6 Å². The van der Waals surface area contributed by atoms with Crippen molar-refractivity contribution in [3.8, 4) is 0 Å². The highest BCUT2D eigenvalue weighted by atomic mass is 32.1. The second kappa shape index (κ2) is 4.69. The first-order valence-electron chi connectivity index (χ1n) is 5.56. The van der Waals surface area contributed by atoms with Crippen molar-refractivity contribution in [2.24, 2.45) is 0 Å². The molecule has 3 nitrogen and oxygen atoms in total. The topological polar surface area (TPSA) is 40.7 Å². The first kappa shape index (κ1) is 10.5. The minimum absolute atomic E-state index is 0.824. The number of nitrogens with one attached hydrogen (secondary N) is 2. The summed E-state index contributed by atoms with van der Waals surface area (Å²) in [6.07, 6.45) is 1.98. The fourth-order valence-corrected chi connectivity index (χ4v) is 2.51. The molecule has 2 heterocycles. The van der Waals surface area contributed by atoms with E-state index in [0.717, 1.165) is 18.8 Å². The van der Waals surface area contributed by atoms with E-state index >= 15 is 0 Å². The molecule has 0 spiro atoms. The van der Waals surface area contributed by atoms with Crippen molar-refractivity contribution >= 4 is 22.2 Å². The number of H-pyrrole nitrogens is 1. The largest absolute Gasteiger partial charge is 0.361 e. The molecule has 0 atom stereocenters. The number of aromatic nitrogens is 2. The zero-order chi connectivity index (χ0) is 11.5. The van der Waals surface area contributed by atoms with E-state index < -0.39 is 0 Å². The monoisotopic (exact) mass is 243 g/mol. The number of hydrogen-bond acceptors (Lipinski definition) is 3. The van der Waals surface area contributed by atoms with Crippen molar-refractivity contribution in [3.05, 3.63) is 52.6 Å². The van der Waals surface area contributed by atoms with Crippen LogP contribution in [0, 0.1) is 0 Å². The minimum Gasteiger partial charge on any atom is -0.361 e. The summed E-state index contributed by atoms with van der Waals surface area (Å²) < 4.78 is 0. The summed E-state index contributed by atoms with van der Waals surface area (Å²) in [6.45, 7) is 1.69. The summed E-state index contributed by atoms with van der Waals surface area (Å²) in [7, 11) is 0. The average molecular weight is 243 g/mol. The van der Waals surface area contributed by atoms with Crippen LogP contribution in [0.3, 0.4) is 0 Å². The lowest BCUT2D eigenvalue weighted by Crippen LogP contribution is -2.12. The second-order valence-electron chi connectivity index (χ2n) is 3.94. The maximum Gasteiger partial charge on any atom is 0.0795 e. The maximum absolute atomic E-state index is 4.25. The van der Waals surface area contributed by atoms with E-state index in [-0.39, 0.29) is 0 Å². The summed E-state index contributed by atoms with van der Waals surface area (Å²) in [5.41, 5.74) is 5.48. The molecular weight excluding hydrogens is 230 g/mol. The Balaban J connectivity index is 1.70. The van der Waals surface area contributed by atoms with Crippen molar-refractivity contribution in [2.45, 2.75) is 13.1 Å². The molecule has 0 aliphatic carbocycles. The van der Waals surface area contributed by atoms with Gasteiger partial charge in [-0.15, -0.1) is 11.3 Å². The Bertz CT molecular complexity index is 598. The number of rotatable bonds is 4. The number of fused-ring (bicyclic) bond motifs is 1. The first-order chi connectivity index (χ1) is 8.43. The molecule has 1 aromatic carbocycles. The van der Waals surface area contributed by atoms with Crippen molar-refractivity contribution in [3.63, 3.8) is 0 Å².